The Labute approximate surface area is 178 Å². The van der Waals surface area contributed by atoms with Crippen LogP contribution in [0.3, 0.4) is 0 Å². The van der Waals surface area contributed by atoms with Crippen LogP contribution in [-0.2, 0) is 24.3 Å². The number of carbonyl (C=O) groups is 2. The first-order valence-electron chi connectivity index (χ1n) is 10.6. The first-order chi connectivity index (χ1) is 14.3. The van der Waals surface area contributed by atoms with Gasteiger partial charge in [-0.3, -0.25) is 14.5 Å². The number of carbonyl (C=O) groups excluding carboxylic acids is 2. The summed E-state index contributed by atoms with van der Waals surface area (Å²) in [6.07, 6.45) is 1.64. The van der Waals surface area contributed by atoms with E-state index in [1.165, 1.54) is 4.31 Å². The van der Waals surface area contributed by atoms with Gasteiger partial charge in [0.05, 0.1) is 23.5 Å². The van der Waals surface area contributed by atoms with Crippen molar-refractivity contribution in [1.29, 1.82) is 0 Å². The van der Waals surface area contributed by atoms with Gasteiger partial charge in [0.15, 0.2) is 0 Å². The summed E-state index contributed by atoms with van der Waals surface area (Å²) >= 11 is 0. The van der Waals surface area contributed by atoms with Gasteiger partial charge in [-0.05, 0) is 45.4 Å². The van der Waals surface area contributed by atoms with E-state index in [9.17, 15) is 18.0 Å². The van der Waals surface area contributed by atoms with Gasteiger partial charge >= 0.3 is 5.97 Å². The van der Waals surface area contributed by atoms with Crippen molar-refractivity contribution in [3.05, 3.63) is 30.3 Å². The molecule has 0 spiro atoms. The molecule has 30 heavy (non-hydrogen) atoms. The van der Waals surface area contributed by atoms with Gasteiger partial charge in [-0.15, -0.1) is 0 Å². The maximum atomic E-state index is 13.0. The maximum absolute atomic E-state index is 13.0. The van der Waals surface area contributed by atoms with Crippen molar-refractivity contribution < 1.29 is 22.7 Å². The second-order valence-electron chi connectivity index (χ2n) is 7.80. The molecule has 1 aromatic rings. The van der Waals surface area contributed by atoms with E-state index in [-0.39, 0.29) is 41.8 Å². The minimum Gasteiger partial charge on any atom is -0.466 e. The molecule has 2 fully saturated rings. The Bertz CT molecular complexity index is 837. The first-order valence-corrected chi connectivity index (χ1v) is 12.0. The number of nitrogens with zero attached hydrogens (tertiary/aromatic N) is 3. The van der Waals surface area contributed by atoms with Gasteiger partial charge in [0.2, 0.25) is 15.9 Å². The number of piperazine rings is 1. The molecule has 2 saturated heterocycles. The van der Waals surface area contributed by atoms with Crippen molar-refractivity contribution in [2.75, 3.05) is 45.9 Å². The second kappa shape index (κ2) is 9.89. The summed E-state index contributed by atoms with van der Waals surface area (Å²) < 4.78 is 32.1. The highest BCUT2D eigenvalue weighted by Crippen LogP contribution is 2.22. The van der Waals surface area contributed by atoms with Crippen molar-refractivity contribution in [2.24, 2.45) is 5.92 Å². The number of hydrogen-bond acceptors (Lipinski definition) is 6. The van der Waals surface area contributed by atoms with E-state index < -0.39 is 10.0 Å². The number of ether oxygens (including phenoxy) is 1. The van der Waals surface area contributed by atoms with Crippen LogP contribution < -0.4 is 0 Å². The number of amides is 1. The normalized spacial score (nSPS) is 22.5. The van der Waals surface area contributed by atoms with Gasteiger partial charge in [-0.1, -0.05) is 18.2 Å². The van der Waals surface area contributed by atoms with Crippen LogP contribution in [0.5, 0.6) is 0 Å². The quantitative estimate of drug-likeness (QED) is 0.621. The molecule has 2 atom stereocenters. The Morgan fingerprint density at radius 2 is 1.77 bits per heavy atom. The molecule has 1 aromatic carbocycles. The number of sulfonamides is 1. The highest BCUT2D eigenvalue weighted by Gasteiger charge is 2.35. The van der Waals surface area contributed by atoms with Gasteiger partial charge in [0.25, 0.3) is 0 Å². The maximum Gasteiger partial charge on any atom is 0.310 e. The zero-order valence-electron chi connectivity index (χ0n) is 17.7. The summed E-state index contributed by atoms with van der Waals surface area (Å²) in [5.41, 5.74) is 0. The van der Waals surface area contributed by atoms with E-state index in [1.807, 2.05) is 11.8 Å². The molecular formula is C21H31N3O5S. The largest absolute Gasteiger partial charge is 0.466 e. The zero-order valence-corrected chi connectivity index (χ0v) is 18.5. The molecule has 2 aliphatic rings. The van der Waals surface area contributed by atoms with Crippen LogP contribution >= 0.6 is 0 Å². The molecule has 0 unspecified atom stereocenters. The minimum atomic E-state index is -3.54. The van der Waals surface area contributed by atoms with Gasteiger partial charge < -0.3 is 9.64 Å². The summed E-state index contributed by atoms with van der Waals surface area (Å²) in [5, 5.41) is 0. The molecule has 0 aliphatic carbocycles. The average Bonchev–Trinajstić information content (AvgIpc) is 2.79. The molecule has 166 valence electrons. The molecule has 0 aromatic heterocycles. The van der Waals surface area contributed by atoms with Crippen LogP contribution in [0.25, 0.3) is 0 Å². The third-order valence-corrected chi connectivity index (χ3v) is 7.82. The molecule has 0 bridgehead atoms. The Morgan fingerprint density at radius 1 is 1.10 bits per heavy atom. The number of likely N-dealkylation sites (tertiary alicyclic amines) is 1. The fraction of sp³-hybridized carbons (Fsp3) is 0.619. The standard InChI is InChI=1S/C21H31N3O5S/c1-3-29-21(26)18-8-7-11-23(16-18)17(2)20(25)22-12-14-24(15-13-22)30(27,28)19-9-5-4-6-10-19/h4-6,9-10,17-18H,3,7-8,11-16H2,1-2H3/t17-,18+/m1/s1. The van der Waals surface area contributed by atoms with Crippen molar-refractivity contribution >= 4 is 21.9 Å². The summed E-state index contributed by atoms with van der Waals surface area (Å²) in [6.45, 7) is 6.60. The fourth-order valence-corrected chi connectivity index (χ4v) is 5.56. The van der Waals surface area contributed by atoms with Gasteiger partial charge in [0, 0.05) is 32.7 Å². The lowest BCUT2D eigenvalue weighted by atomic mass is 9.96. The fourth-order valence-electron chi connectivity index (χ4n) is 4.12. The van der Waals surface area contributed by atoms with E-state index in [4.69, 9.17) is 4.74 Å². The first kappa shape index (κ1) is 22.7. The number of benzene rings is 1. The molecule has 2 aliphatic heterocycles. The van der Waals surface area contributed by atoms with E-state index in [0.717, 1.165) is 19.4 Å². The summed E-state index contributed by atoms with van der Waals surface area (Å²) in [7, 11) is -3.54. The van der Waals surface area contributed by atoms with Crippen LogP contribution in [0.4, 0.5) is 0 Å². The van der Waals surface area contributed by atoms with Gasteiger partial charge in [0.1, 0.15) is 0 Å². The van der Waals surface area contributed by atoms with Crippen LogP contribution in [0.2, 0.25) is 0 Å². The second-order valence-corrected chi connectivity index (χ2v) is 9.74. The summed E-state index contributed by atoms with van der Waals surface area (Å²) in [6, 6.07) is 8.02. The lowest BCUT2D eigenvalue weighted by molar-refractivity contribution is -0.152. The Kier molecular flexibility index (Phi) is 7.49. The monoisotopic (exact) mass is 437 g/mol. The van der Waals surface area contributed by atoms with Crippen LogP contribution in [0.15, 0.2) is 35.2 Å². The molecule has 0 saturated carbocycles. The van der Waals surface area contributed by atoms with Crippen molar-refractivity contribution in [3.63, 3.8) is 0 Å². The van der Waals surface area contributed by atoms with Crippen molar-refractivity contribution in [1.82, 2.24) is 14.1 Å². The highest BCUT2D eigenvalue weighted by atomic mass is 32.2. The Balaban J connectivity index is 1.56. The topological polar surface area (TPSA) is 87.2 Å². The van der Waals surface area contributed by atoms with E-state index in [0.29, 0.717) is 26.2 Å². The Morgan fingerprint density at radius 3 is 2.40 bits per heavy atom. The number of piperidine rings is 1. The smallest absolute Gasteiger partial charge is 0.310 e. The third kappa shape index (κ3) is 5.01. The summed E-state index contributed by atoms with van der Waals surface area (Å²) in [4.78, 5) is 29.2. The van der Waals surface area contributed by atoms with E-state index in [1.54, 1.807) is 42.2 Å². The van der Waals surface area contributed by atoms with Crippen LogP contribution in [0.1, 0.15) is 26.7 Å². The zero-order chi connectivity index (χ0) is 21.7. The number of esters is 1. The van der Waals surface area contributed by atoms with Crippen LogP contribution in [-0.4, -0.2) is 86.3 Å². The lowest BCUT2D eigenvalue weighted by Crippen LogP contribution is -2.56. The highest BCUT2D eigenvalue weighted by molar-refractivity contribution is 7.89. The molecule has 0 N–H and O–H groups in total. The lowest BCUT2D eigenvalue weighted by Gasteiger charge is -2.39. The predicted molar refractivity (Wildman–Crippen MR) is 112 cm³/mol. The van der Waals surface area contributed by atoms with Crippen molar-refractivity contribution in [2.45, 2.75) is 37.6 Å². The number of hydrogen-bond donors (Lipinski definition) is 0. The summed E-state index contributed by atoms with van der Waals surface area (Å²) in [5.74, 6) is -0.403. The Hall–Kier alpha value is -1.97. The predicted octanol–water partition coefficient (Wildman–Crippen LogP) is 1.18. The van der Waals surface area contributed by atoms with Crippen molar-refractivity contribution in [3.8, 4) is 0 Å². The molecule has 1 amide bonds. The molecule has 2 heterocycles. The third-order valence-electron chi connectivity index (χ3n) is 5.91. The van der Waals surface area contributed by atoms with Gasteiger partial charge in [-0.2, -0.15) is 4.31 Å². The average molecular weight is 438 g/mol. The SMILES string of the molecule is CCOC(=O)[C@H]1CCCN([C@H](C)C(=O)N2CCN(S(=O)(=O)c3ccccc3)CC2)C1. The van der Waals surface area contributed by atoms with E-state index in [2.05, 4.69) is 0 Å². The van der Waals surface area contributed by atoms with Gasteiger partial charge in [-0.25, -0.2) is 8.42 Å². The van der Waals surface area contributed by atoms with Crippen LogP contribution in [0, 0.1) is 5.92 Å². The molecule has 3 rings (SSSR count). The molecule has 0 radical (unpaired) electrons. The van der Waals surface area contributed by atoms with E-state index >= 15 is 0 Å². The molecular weight excluding hydrogens is 406 g/mol. The minimum absolute atomic E-state index is 0.0173. The molecule has 8 nitrogen and oxygen atoms in total. The molecule has 9 heteroatoms. The number of rotatable bonds is 6.